The van der Waals surface area contributed by atoms with Gasteiger partial charge in [0.2, 0.25) is 0 Å². The number of carbonyl (C=O) groups is 1. The van der Waals surface area contributed by atoms with Crippen LogP contribution in [0.3, 0.4) is 0 Å². The molecule has 37 heavy (non-hydrogen) atoms. The molecule has 1 fully saturated rings. The third-order valence-electron chi connectivity index (χ3n) is 7.57. The van der Waals surface area contributed by atoms with Gasteiger partial charge in [-0.3, -0.25) is 0 Å². The number of hydrogen-bond donors (Lipinski definition) is 3. The van der Waals surface area contributed by atoms with Gasteiger partial charge in [0.25, 0.3) is 0 Å². The Morgan fingerprint density at radius 3 is 2.54 bits per heavy atom. The molecule has 0 bridgehead atoms. The predicted molar refractivity (Wildman–Crippen MR) is 143 cm³/mol. The third-order valence-corrected chi connectivity index (χ3v) is 7.57. The number of rotatable bonds is 4. The van der Waals surface area contributed by atoms with Gasteiger partial charge < -0.3 is 20.5 Å². The second kappa shape index (κ2) is 10.2. The molecule has 5 rings (SSSR count). The molecule has 2 amide bonds. The van der Waals surface area contributed by atoms with Crippen LogP contribution in [0.5, 0.6) is 0 Å². The number of hydrogen-bond acceptors (Lipinski definition) is 6. The quantitative estimate of drug-likeness (QED) is 0.467. The highest BCUT2D eigenvalue weighted by Crippen LogP contribution is 2.42. The number of ether oxygens (including phenoxy) is 1. The summed E-state index contributed by atoms with van der Waals surface area (Å²) in [6.45, 7) is 9.40. The molecule has 1 saturated heterocycles. The first kappa shape index (κ1) is 25.3. The van der Waals surface area contributed by atoms with Gasteiger partial charge >= 0.3 is 6.03 Å². The maximum absolute atomic E-state index is 13.3. The molecule has 2 aromatic heterocycles. The maximum atomic E-state index is 13.3. The lowest BCUT2D eigenvalue weighted by molar-refractivity contribution is 0.0846. The number of aliphatic hydroxyl groups excluding tert-OH is 1. The normalized spacial score (nSPS) is 21.2. The van der Waals surface area contributed by atoms with Crippen molar-refractivity contribution in [3.63, 3.8) is 0 Å². The van der Waals surface area contributed by atoms with Crippen LogP contribution >= 0.6 is 0 Å². The van der Waals surface area contributed by atoms with Gasteiger partial charge in [-0.05, 0) is 61.3 Å². The van der Waals surface area contributed by atoms with E-state index in [9.17, 15) is 9.90 Å². The number of aromatic nitrogens is 3. The first-order valence-electron chi connectivity index (χ1n) is 13.0. The van der Waals surface area contributed by atoms with Gasteiger partial charge in [-0.15, -0.1) is 0 Å². The number of carbonyl (C=O) groups excluding carboxylic acids is 1. The van der Waals surface area contributed by atoms with Crippen molar-refractivity contribution in [3.05, 3.63) is 70.9 Å². The summed E-state index contributed by atoms with van der Waals surface area (Å²) < 4.78 is 5.58. The summed E-state index contributed by atoms with van der Waals surface area (Å²) in [6.07, 6.45) is 5.12. The minimum Gasteiger partial charge on any atom is -0.391 e. The topological polar surface area (TPSA) is 109 Å². The molecule has 1 aliphatic heterocycles. The molecule has 1 aliphatic carbocycles. The number of anilines is 1. The second-order valence-electron chi connectivity index (χ2n) is 10.8. The number of fused-ring (bicyclic) bond motifs is 1. The van der Waals surface area contributed by atoms with Gasteiger partial charge in [0, 0.05) is 37.1 Å². The van der Waals surface area contributed by atoms with E-state index < -0.39 is 12.1 Å². The largest absolute Gasteiger partial charge is 0.391 e. The Morgan fingerprint density at radius 2 is 1.81 bits per heavy atom. The SMILES string of the molecule is Cc1ncc(-c2nc(C3CCOCC3)c(NC(=O)N[C@@H]3c4ccccc4C(C)(C)C[C@H]3O)cc2C)cn1. The highest BCUT2D eigenvalue weighted by Gasteiger charge is 2.39. The van der Waals surface area contributed by atoms with Crippen LogP contribution < -0.4 is 10.6 Å². The van der Waals surface area contributed by atoms with E-state index >= 15 is 0 Å². The average molecular weight is 502 g/mol. The molecule has 3 heterocycles. The Morgan fingerprint density at radius 1 is 1.11 bits per heavy atom. The zero-order chi connectivity index (χ0) is 26.2. The van der Waals surface area contributed by atoms with Gasteiger partial charge in [0.15, 0.2) is 0 Å². The Bertz CT molecular complexity index is 1290. The summed E-state index contributed by atoms with van der Waals surface area (Å²) in [7, 11) is 0. The number of aliphatic hydroxyl groups is 1. The van der Waals surface area contributed by atoms with E-state index in [4.69, 9.17) is 9.72 Å². The van der Waals surface area contributed by atoms with Crippen LogP contribution in [-0.4, -0.2) is 45.4 Å². The van der Waals surface area contributed by atoms with Crippen LogP contribution in [0, 0.1) is 13.8 Å². The molecule has 0 spiro atoms. The van der Waals surface area contributed by atoms with Crippen molar-refractivity contribution in [2.75, 3.05) is 18.5 Å². The number of amides is 2. The second-order valence-corrected chi connectivity index (χ2v) is 10.8. The van der Waals surface area contributed by atoms with Gasteiger partial charge in [-0.2, -0.15) is 0 Å². The predicted octanol–water partition coefficient (Wildman–Crippen LogP) is 4.95. The molecule has 0 radical (unpaired) electrons. The van der Waals surface area contributed by atoms with Crippen molar-refractivity contribution >= 4 is 11.7 Å². The molecule has 8 heteroatoms. The van der Waals surface area contributed by atoms with Gasteiger partial charge in [-0.1, -0.05) is 38.1 Å². The zero-order valence-corrected chi connectivity index (χ0v) is 21.9. The first-order valence-corrected chi connectivity index (χ1v) is 13.0. The molecule has 3 aromatic rings. The van der Waals surface area contributed by atoms with Crippen LogP contribution in [0.15, 0.2) is 42.7 Å². The highest BCUT2D eigenvalue weighted by atomic mass is 16.5. The van der Waals surface area contributed by atoms with Crippen molar-refractivity contribution in [2.45, 2.75) is 70.4 Å². The van der Waals surface area contributed by atoms with Crippen LogP contribution in [0.25, 0.3) is 11.3 Å². The molecule has 3 N–H and O–H groups in total. The molecule has 2 atom stereocenters. The summed E-state index contributed by atoms with van der Waals surface area (Å²) >= 11 is 0. The van der Waals surface area contributed by atoms with E-state index in [-0.39, 0.29) is 17.4 Å². The van der Waals surface area contributed by atoms with Crippen molar-refractivity contribution in [2.24, 2.45) is 0 Å². The minimum absolute atomic E-state index is 0.163. The van der Waals surface area contributed by atoms with E-state index in [0.29, 0.717) is 31.1 Å². The fourth-order valence-corrected chi connectivity index (χ4v) is 5.63. The fourth-order valence-electron chi connectivity index (χ4n) is 5.63. The third kappa shape index (κ3) is 5.22. The van der Waals surface area contributed by atoms with E-state index in [0.717, 1.165) is 46.5 Å². The summed E-state index contributed by atoms with van der Waals surface area (Å²) in [5, 5.41) is 17.1. The smallest absolute Gasteiger partial charge is 0.319 e. The zero-order valence-electron chi connectivity index (χ0n) is 21.9. The Balaban J connectivity index is 1.44. The Hall–Kier alpha value is -3.36. The molecular formula is C29H35N5O3. The summed E-state index contributed by atoms with van der Waals surface area (Å²) in [5.41, 5.74) is 6.03. The lowest BCUT2D eigenvalue weighted by Crippen LogP contribution is -2.45. The highest BCUT2D eigenvalue weighted by molar-refractivity contribution is 5.91. The van der Waals surface area contributed by atoms with Crippen molar-refractivity contribution in [1.29, 1.82) is 0 Å². The van der Waals surface area contributed by atoms with Crippen LogP contribution in [0.2, 0.25) is 0 Å². The molecule has 8 nitrogen and oxygen atoms in total. The summed E-state index contributed by atoms with van der Waals surface area (Å²) in [5.74, 6) is 0.868. The maximum Gasteiger partial charge on any atom is 0.319 e. The lowest BCUT2D eigenvalue weighted by atomic mass is 9.70. The molecule has 0 saturated carbocycles. The number of benzene rings is 1. The number of nitrogens with zero attached hydrogens (tertiary/aromatic N) is 3. The van der Waals surface area contributed by atoms with Crippen LogP contribution in [-0.2, 0) is 10.2 Å². The average Bonchev–Trinajstić information content (AvgIpc) is 2.88. The minimum atomic E-state index is -0.686. The van der Waals surface area contributed by atoms with Crippen molar-refractivity contribution in [1.82, 2.24) is 20.3 Å². The monoisotopic (exact) mass is 501 g/mol. The number of nitrogens with one attached hydrogen (secondary N) is 2. The number of urea groups is 1. The Kier molecular flexibility index (Phi) is 6.96. The van der Waals surface area contributed by atoms with Crippen molar-refractivity contribution < 1.29 is 14.6 Å². The molecular weight excluding hydrogens is 466 g/mol. The standard InChI is InChI=1S/C29H35N5O3/c1-17-13-23(26(19-9-11-37-12-10-19)33-25(17)20-15-30-18(2)31-16-20)32-28(36)34-27-21-7-5-6-8-22(21)29(3,4)14-24(27)35/h5-8,13,15-16,19,24,27,35H,9-12,14H2,1-4H3,(H2,32,34,36)/t24-,27-/m1/s1. The Labute approximate surface area is 217 Å². The lowest BCUT2D eigenvalue weighted by Gasteiger charge is -2.40. The number of pyridine rings is 1. The fraction of sp³-hybridized carbons (Fsp3) is 0.448. The van der Waals surface area contributed by atoms with E-state index in [1.54, 1.807) is 12.4 Å². The van der Waals surface area contributed by atoms with E-state index in [1.165, 1.54) is 0 Å². The molecule has 1 aromatic carbocycles. The van der Waals surface area contributed by atoms with Gasteiger partial charge in [0.1, 0.15) is 5.82 Å². The molecule has 2 aliphatic rings. The van der Waals surface area contributed by atoms with Crippen LogP contribution in [0.4, 0.5) is 10.5 Å². The van der Waals surface area contributed by atoms with Gasteiger partial charge in [0.05, 0.1) is 29.2 Å². The summed E-state index contributed by atoms with van der Waals surface area (Å²) in [4.78, 5) is 27.0. The molecule has 194 valence electrons. The van der Waals surface area contributed by atoms with Crippen LogP contribution in [0.1, 0.15) is 73.3 Å². The van der Waals surface area contributed by atoms with E-state index in [1.807, 2.05) is 38.1 Å². The summed E-state index contributed by atoms with van der Waals surface area (Å²) in [6, 6.07) is 9.14. The van der Waals surface area contributed by atoms with Gasteiger partial charge in [-0.25, -0.2) is 19.7 Å². The number of aryl methyl sites for hydroxylation is 2. The van der Waals surface area contributed by atoms with E-state index in [2.05, 4.69) is 40.5 Å². The van der Waals surface area contributed by atoms with Crippen molar-refractivity contribution in [3.8, 4) is 11.3 Å². The first-order chi connectivity index (χ1) is 17.7. The molecule has 0 unspecified atom stereocenters.